The molecule has 1 aliphatic heterocycles. The molecule has 4 nitrogen and oxygen atoms in total. The summed E-state index contributed by atoms with van der Waals surface area (Å²) in [4.78, 5) is 13.6. The summed E-state index contributed by atoms with van der Waals surface area (Å²) >= 11 is 17.9. The molecule has 3 rings (SSSR count). The zero-order valence-corrected chi connectivity index (χ0v) is 15.7. The zero-order valence-electron chi connectivity index (χ0n) is 13.4. The van der Waals surface area contributed by atoms with Gasteiger partial charge in [-0.1, -0.05) is 40.9 Å². The molecular weight excluding hydrogens is 385 g/mol. The van der Waals surface area contributed by atoms with Gasteiger partial charge in [0, 0.05) is 17.5 Å². The lowest BCUT2D eigenvalue weighted by Gasteiger charge is -2.22. The summed E-state index contributed by atoms with van der Waals surface area (Å²) in [5.74, 6) is 0.616. The number of hydrogen-bond donors (Lipinski definition) is 0. The molecule has 132 valence electrons. The molecule has 1 saturated heterocycles. The molecule has 0 bridgehead atoms. The van der Waals surface area contributed by atoms with Crippen molar-refractivity contribution in [2.75, 3.05) is 13.2 Å². The largest absolute Gasteiger partial charge is 0.491 e. The van der Waals surface area contributed by atoms with E-state index >= 15 is 0 Å². The molecule has 1 amide bonds. The molecule has 7 heteroatoms. The first-order valence-electron chi connectivity index (χ1n) is 7.70. The number of halogens is 3. The molecule has 0 radical (unpaired) electrons. The van der Waals surface area contributed by atoms with E-state index in [1.165, 1.54) is 6.92 Å². The van der Waals surface area contributed by atoms with Gasteiger partial charge in [0.1, 0.15) is 18.5 Å². The molecule has 1 aliphatic rings. The second-order valence-corrected chi connectivity index (χ2v) is 6.97. The van der Waals surface area contributed by atoms with E-state index in [9.17, 15) is 4.79 Å². The molecule has 2 aromatic carbocycles. The monoisotopic (exact) mass is 399 g/mol. The Morgan fingerprint density at radius 2 is 1.88 bits per heavy atom. The number of rotatable bonds is 4. The van der Waals surface area contributed by atoms with Crippen molar-refractivity contribution in [3.8, 4) is 5.75 Å². The van der Waals surface area contributed by atoms with Gasteiger partial charge in [0.15, 0.2) is 6.23 Å². The van der Waals surface area contributed by atoms with E-state index < -0.39 is 6.23 Å². The van der Waals surface area contributed by atoms with Crippen LogP contribution in [0.5, 0.6) is 5.75 Å². The number of nitrogens with zero attached hydrogens (tertiary/aromatic N) is 1. The highest BCUT2D eigenvalue weighted by molar-refractivity contribution is 6.42. The minimum atomic E-state index is -0.508. The molecule has 0 unspecified atom stereocenters. The molecule has 1 heterocycles. The average molecular weight is 401 g/mol. The normalized spacial score (nSPS) is 19.9. The van der Waals surface area contributed by atoms with Gasteiger partial charge in [0.25, 0.3) is 0 Å². The van der Waals surface area contributed by atoms with E-state index in [0.29, 0.717) is 34.0 Å². The summed E-state index contributed by atoms with van der Waals surface area (Å²) in [6, 6.07) is 12.3. The van der Waals surface area contributed by atoms with Crippen LogP contribution >= 0.6 is 34.8 Å². The van der Waals surface area contributed by atoms with Gasteiger partial charge in [-0.05, 0) is 36.4 Å². The highest BCUT2D eigenvalue weighted by atomic mass is 35.5. The van der Waals surface area contributed by atoms with Crippen LogP contribution < -0.4 is 4.74 Å². The third-order valence-corrected chi connectivity index (χ3v) is 4.88. The van der Waals surface area contributed by atoms with Crippen LogP contribution in [0.3, 0.4) is 0 Å². The van der Waals surface area contributed by atoms with Crippen molar-refractivity contribution in [2.45, 2.75) is 19.3 Å². The Bertz CT molecular complexity index is 767. The van der Waals surface area contributed by atoms with Crippen molar-refractivity contribution in [1.82, 2.24) is 4.90 Å². The molecular formula is C18H16Cl3NO3. The zero-order chi connectivity index (χ0) is 18.0. The van der Waals surface area contributed by atoms with E-state index in [1.54, 1.807) is 47.4 Å². The Labute approximate surface area is 161 Å². The standard InChI is InChI=1S/C18H16Cl3NO3/c1-11(23)22-9-15(10-24-14-5-3-13(19)4-6-14)25-18(22)12-2-7-16(20)17(21)8-12/h2-8,15,18H,9-10H2,1H3/t15-,18-/m1/s1. The topological polar surface area (TPSA) is 38.8 Å². The number of benzene rings is 2. The molecule has 25 heavy (non-hydrogen) atoms. The van der Waals surface area contributed by atoms with Crippen molar-refractivity contribution < 1.29 is 14.3 Å². The Morgan fingerprint density at radius 1 is 1.16 bits per heavy atom. The number of hydrogen-bond acceptors (Lipinski definition) is 3. The maximum atomic E-state index is 12.0. The van der Waals surface area contributed by atoms with Crippen LogP contribution in [0.2, 0.25) is 15.1 Å². The van der Waals surface area contributed by atoms with Crippen molar-refractivity contribution >= 4 is 40.7 Å². The highest BCUT2D eigenvalue weighted by Gasteiger charge is 2.36. The number of ether oxygens (including phenoxy) is 2. The Kier molecular flexibility index (Phi) is 5.74. The summed E-state index contributed by atoms with van der Waals surface area (Å²) < 4.78 is 11.7. The van der Waals surface area contributed by atoms with E-state index in [-0.39, 0.29) is 12.0 Å². The third kappa shape index (κ3) is 4.39. The van der Waals surface area contributed by atoms with Gasteiger partial charge in [0.2, 0.25) is 5.91 Å². The number of carbonyl (C=O) groups is 1. The molecule has 1 fully saturated rings. The van der Waals surface area contributed by atoms with E-state index in [0.717, 1.165) is 5.56 Å². The first-order valence-corrected chi connectivity index (χ1v) is 8.83. The Hall–Kier alpha value is -1.46. The first-order chi connectivity index (χ1) is 11.9. The first kappa shape index (κ1) is 18.3. The quantitative estimate of drug-likeness (QED) is 0.727. The van der Waals surface area contributed by atoms with Crippen LogP contribution in [0.4, 0.5) is 0 Å². The SMILES string of the molecule is CC(=O)N1C[C@H](COc2ccc(Cl)cc2)O[C@@H]1c1ccc(Cl)c(Cl)c1. The second kappa shape index (κ2) is 7.83. The predicted octanol–water partition coefficient (Wildman–Crippen LogP) is 4.97. The van der Waals surface area contributed by atoms with Crippen LogP contribution in [-0.2, 0) is 9.53 Å². The van der Waals surface area contributed by atoms with Crippen LogP contribution in [0.1, 0.15) is 18.7 Å². The third-order valence-electron chi connectivity index (χ3n) is 3.89. The van der Waals surface area contributed by atoms with Crippen molar-refractivity contribution in [2.24, 2.45) is 0 Å². The lowest BCUT2D eigenvalue weighted by molar-refractivity contribution is -0.134. The van der Waals surface area contributed by atoms with Gasteiger partial charge >= 0.3 is 0 Å². The lowest BCUT2D eigenvalue weighted by Crippen LogP contribution is -2.30. The maximum absolute atomic E-state index is 12.0. The van der Waals surface area contributed by atoms with Gasteiger partial charge in [-0.3, -0.25) is 4.79 Å². The molecule has 0 spiro atoms. The van der Waals surface area contributed by atoms with Crippen LogP contribution in [0, 0.1) is 0 Å². The van der Waals surface area contributed by atoms with Crippen molar-refractivity contribution in [3.05, 3.63) is 63.1 Å². The Balaban J connectivity index is 1.70. The van der Waals surface area contributed by atoms with E-state index in [2.05, 4.69) is 0 Å². The summed E-state index contributed by atoms with van der Waals surface area (Å²) in [5.41, 5.74) is 0.776. The predicted molar refractivity (Wildman–Crippen MR) is 98.4 cm³/mol. The molecule has 2 aromatic rings. The molecule has 0 N–H and O–H groups in total. The molecule has 2 atom stereocenters. The van der Waals surface area contributed by atoms with Crippen LogP contribution in [0.25, 0.3) is 0 Å². The molecule has 0 aliphatic carbocycles. The number of carbonyl (C=O) groups excluding carboxylic acids is 1. The van der Waals surface area contributed by atoms with E-state index in [1.807, 2.05) is 0 Å². The molecule has 0 saturated carbocycles. The van der Waals surface area contributed by atoms with Gasteiger partial charge in [0.05, 0.1) is 16.6 Å². The van der Waals surface area contributed by atoms with Crippen LogP contribution in [-0.4, -0.2) is 30.1 Å². The average Bonchev–Trinajstić information content (AvgIpc) is 3.01. The minimum Gasteiger partial charge on any atom is -0.491 e. The summed E-state index contributed by atoms with van der Waals surface area (Å²) in [6.45, 7) is 2.27. The van der Waals surface area contributed by atoms with Crippen molar-refractivity contribution in [1.29, 1.82) is 0 Å². The smallest absolute Gasteiger partial charge is 0.221 e. The van der Waals surface area contributed by atoms with Gasteiger partial charge in [-0.25, -0.2) is 0 Å². The minimum absolute atomic E-state index is 0.0786. The summed E-state index contributed by atoms with van der Waals surface area (Å²) in [7, 11) is 0. The highest BCUT2D eigenvalue weighted by Crippen LogP contribution is 2.34. The second-order valence-electron chi connectivity index (χ2n) is 5.72. The Morgan fingerprint density at radius 3 is 2.52 bits per heavy atom. The van der Waals surface area contributed by atoms with Crippen LogP contribution in [0.15, 0.2) is 42.5 Å². The van der Waals surface area contributed by atoms with Gasteiger partial charge in [-0.15, -0.1) is 0 Å². The summed E-state index contributed by atoms with van der Waals surface area (Å²) in [5, 5.41) is 1.53. The fourth-order valence-corrected chi connectivity index (χ4v) is 3.08. The molecule has 0 aromatic heterocycles. The number of amides is 1. The maximum Gasteiger partial charge on any atom is 0.221 e. The fourth-order valence-electron chi connectivity index (χ4n) is 2.64. The lowest BCUT2D eigenvalue weighted by atomic mass is 10.2. The van der Waals surface area contributed by atoms with Gasteiger partial charge < -0.3 is 14.4 Å². The van der Waals surface area contributed by atoms with Gasteiger partial charge in [-0.2, -0.15) is 0 Å². The summed E-state index contributed by atoms with van der Waals surface area (Å²) in [6.07, 6.45) is -0.759. The fraction of sp³-hybridized carbons (Fsp3) is 0.278. The van der Waals surface area contributed by atoms with E-state index in [4.69, 9.17) is 44.3 Å². The van der Waals surface area contributed by atoms with Crippen molar-refractivity contribution in [3.63, 3.8) is 0 Å².